The lowest BCUT2D eigenvalue weighted by atomic mass is 9.97. The lowest BCUT2D eigenvalue weighted by Gasteiger charge is -2.46. The first kappa shape index (κ1) is 23.0. The van der Waals surface area contributed by atoms with Gasteiger partial charge >= 0.3 is 0 Å². The molecule has 3 fully saturated rings. The summed E-state index contributed by atoms with van der Waals surface area (Å²) in [6, 6.07) is 6.97. The number of benzene rings is 1. The molecule has 0 bridgehead atoms. The van der Waals surface area contributed by atoms with Crippen molar-refractivity contribution in [1.29, 1.82) is 5.26 Å². The first-order valence-electron chi connectivity index (χ1n) is 11.8. The summed E-state index contributed by atoms with van der Waals surface area (Å²) >= 11 is 0. The van der Waals surface area contributed by atoms with Gasteiger partial charge in [-0.05, 0) is 57.4 Å². The molecule has 174 valence electrons. The normalized spacial score (nSPS) is 29.6. The van der Waals surface area contributed by atoms with Gasteiger partial charge in [0, 0.05) is 43.8 Å². The molecular formula is C24H34FN5O2. The number of fused-ring (bicyclic) bond motifs is 1. The van der Waals surface area contributed by atoms with Gasteiger partial charge in [-0.3, -0.25) is 9.69 Å². The van der Waals surface area contributed by atoms with Gasteiger partial charge in [-0.1, -0.05) is 6.07 Å². The van der Waals surface area contributed by atoms with Crippen molar-refractivity contribution in [3.8, 4) is 6.07 Å². The van der Waals surface area contributed by atoms with Gasteiger partial charge in [0.2, 0.25) is 5.91 Å². The second kappa shape index (κ2) is 10.2. The highest BCUT2D eigenvalue weighted by Crippen LogP contribution is 2.27. The molecular weight excluding hydrogens is 409 g/mol. The number of nitrogens with one attached hydrogen (secondary N) is 2. The predicted molar refractivity (Wildman–Crippen MR) is 121 cm³/mol. The van der Waals surface area contributed by atoms with E-state index >= 15 is 0 Å². The van der Waals surface area contributed by atoms with Crippen molar-refractivity contribution in [3.63, 3.8) is 0 Å². The number of halogens is 1. The zero-order chi connectivity index (χ0) is 22.7. The van der Waals surface area contributed by atoms with Gasteiger partial charge in [-0.25, -0.2) is 4.39 Å². The summed E-state index contributed by atoms with van der Waals surface area (Å²) in [6.45, 7) is 5.35. The summed E-state index contributed by atoms with van der Waals surface area (Å²) in [5.74, 6) is -0.523. The largest absolute Gasteiger partial charge is 0.373 e. The average molecular weight is 444 g/mol. The quantitative estimate of drug-likeness (QED) is 0.723. The molecule has 3 saturated heterocycles. The number of anilines is 1. The monoisotopic (exact) mass is 443 g/mol. The summed E-state index contributed by atoms with van der Waals surface area (Å²) < 4.78 is 20.9. The number of nitrogens with zero attached hydrogens (tertiary/aromatic N) is 3. The van der Waals surface area contributed by atoms with Crippen molar-refractivity contribution in [1.82, 2.24) is 15.5 Å². The highest BCUT2D eigenvalue weighted by Gasteiger charge is 2.35. The number of hydrogen-bond acceptors (Lipinski definition) is 6. The molecule has 3 aliphatic rings. The smallest absolute Gasteiger partial charge is 0.238 e. The van der Waals surface area contributed by atoms with Crippen molar-refractivity contribution >= 4 is 11.6 Å². The summed E-state index contributed by atoms with van der Waals surface area (Å²) in [5.41, 5.74) is 1.27. The summed E-state index contributed by atoms with van der Waals surface area (Å²) in [5, 5.41) is 15.6. The molecule has 1 aromatic carbocycles. The summed E-state index contributed by atoms with van der Waals surface area (Å²) in [7, 11) is 2.14. The van der Waals surface area contributed by atoms with Gasteiger partial charge in [-0.2, -0.15) is 5.26 Å². The van der Waals surface area contributed by atoms with Crippen LogP contribution in [-0.4, -0.2) is 74.4 Å². The molecule has 0 aliphatic carbocycles. The molecule has 7 nitrogen and oxygen atoms in total. The first-order chi connectivity index (χ1) is 15.4. The second-order valence-corrected chi connectivity index (χ2v) is 9.41. The van der Waals surface area contributed by atoms with E-state index in [2.05, 4.69) is 40.5 Å². The van der Waals surface area contributed by atoms with E-state index in [9.17, 15) is 14.4 Å². The Kier molecular flexibility index (Phi) is 7.29. The molecule has 0 spiro atoms. The van der Waals surface area contributed by atoms with Crippen LogP contribution in [0.1, 0.15) is 38.2 Å². The highest BCUT2D eigenvalue weighted by atomic mass is 19.1. The number of ether oxygens (including phenoxy) is 1. The lowest BCUT2D eigenvalue weighted by Crippen LogP contribution is -2.58. The number of likely N-dealkylation sites (N-methyl/N-ethyl adjacent to an activating group) is 1. The molecule has 3 aliphatic heterocycles. The minimum absolute atomic E-state index is 0.138. The van der Waals surface area contributed by atoms with Gasteiger partial charge in [0.25, 0.3) is 0 Å². The Morgan fingerprint density at radius 1 is 1.38 bits per heavy atom. The first-order valence-corrected chi connectivity index (χ1v) is 11.8. The zero-order valence-corrected chi connectivity index (χ0v) is 19.0. The number of amides is 1. The minimum atomic E-state index is -0.760. The van der Waals surface area contributed by atoms with Crippen LogP contribution in [0.5, 0.6) is 0 Å². The van der Waals surface area contributed by atoms with Gasteiger partial charge in [0.05, 0.1) is 24.8 Å². The Labute approximate surface area is 189 Å². The van der Waals surface area contributed by atoms with Crippen LogP contribution in [0.25, 0.3) is 0 Å². The standard InChI is InChI=1S/C24H34FN5O2/c1-16-4-3-5-21(27-16)24(31)28-18(14-26)12-17-6-7-19(13-20(17)25)30-9-8-22-23(15-30)32-11-10-29(22)2/h6-7,13,16,18,21-23,27H,3-5,8-12,15H2,1-2H3,(H,28,31)/t16-,18-,21-,22?,23?/m0/s1. The van der Waals surface area contributed by atoms with Gasteiger partial charge in [0.1, 0.15) is 11.9 Å². The number of piperidine rings is 2. The molecule has 1 amide bonds. The zero-order valence-electron chi connectivity index (χ0n) is 19.0. The summed E-state index contributed by atoms with van der Waals surface area (Å²) in [4.78, 5) is 17.1. The number of carbonyl (C=O) groups is 1. The molecule has 8 heteroatoms. The van der Waals surface area contributed by atoms with Crippen LogP contribution in [0.3, 0.4) is 0 Å². The maximum Gasteiger partial charge on any atom is 0.238 e. The topological polar surface area (TPSA) is 80.6 Å². The van der Waals surface area contributed by atoms with E-state index in [1.165, 1.54) is 0 Å². The molecule has 0 radical (unpaired) electrons. The molecule has 5 atom stereocenters. The molecule has 3 heterocycles. The molecule has 2 unspecified atom stereocenters. The molecule has 4 rings (SSSR count). The van der Waals surface area contributed by atoms with Crippen molar-refractivity contribution in [2.24, 2.45) is 0 Å². The van der Waals surface area contributed by atoms with E-state index in [-0.39, 0.29) is 36.3 Å². The fourth-order valence-corrected chi connectivity index (χ4v) is 5.19. The third kappa shape index (κ3) is 5.22. The van der Waals surface area contributed by atoms with Crippen molar-refractivity contribution in [2.75, 3.05) is 38.2 Å². The Bertz CT molecular complexity index is 859. The number of carbonyl (C=O) groups excluding carboxylic acids is 1. The third-order valence-electron chi connectivity index (χ3n) is 7.10. The maximum absolute atomic E-state index is 14.9. The number of nitriles is 1. The molecule has 2 N–H and O–H groups in total. The van der Waals surface area contributed by atoms with Crippen molar-refractivity contribution in [2.45, 2.75) is 69.3 Å². The highest BCUT2D eigenvalue weighted by molar-refractivity contribution is 5.82. The van der Waals surface area contributed by atoms with Crippen LogP contribution in [0.2, 0.25) is 0 Å². The van der Waals surface area contributed by atoms with Gasteiger partial charge in [-0.15, -0.1) is 0 Å². The number of morpholine rings is 1. The summed E-state index contributed by atoms with van der Waals surface area (Å²) in [6.07, 6.45) is 4.06. The number of hydrogen-bond donors (Lipinski definition) is 2. The molecule has 0 aromatic heterocycles. The number of rotatable bonds is 5. The fourth-order valence-electron chi connectivity index (χ4n) is 5.19. The second-order valence-electron chi connectivity index (χ2n) is 9.41. The van der Waals surface area contributed by atoms with Crippen LogP contribution in [-0.2, 0) is 16.0 Å². The third-order valence-corrected chi connectivity index (χ3v) is 7.10. The lowest BCUT2D eigenvalue weighted by molar-refractivity contribution is -0.124. The Hall–Kier alpha value is -2.21. The fraction of sp³-hybridized carbons (Fsp3) is 0.667. The van der Waals surface area contributed by atoms with Gasteiger partial charge in [0.15, 0.2) is 0 Å². The Balaban J connectivity index is 1.36. The van der Waals surface area contributed by atoms with E-state index in [0.29, 0.717) is 11.6 Å². The van der Waals surface area contributed by atoms with Crippen LogP contribution in [0, 0.1) is 17.1 Å². The SMILES string of the molecule is C[C@H]1CCC[C@@H](C(=O)N[C@H](C#N)Cc2ccc(N3CCC4C(C3)OCCN4C)cc2F)N1. The van der Waals surface area contributed by atoms with E-state index in [1.807, 2.05) is 6.07 Å². The maximum atomic E-state index is 14.9. The Morgan fingerprint density at radius 3 is 2.97 bits per heavy atom. The van der Waals surface area contributed by atoms with Crippen molar-refractivity contribution < 1.29 is 13.9 Å². The van der Waals surface area contributed by atoms with E-state index in [0.717, 1.165) is 57.6 Å². The van der Waals surface area contributed by atoms with Gasteiger partial charge < -0.3 is 20.3 Å². The Morgan fingerprint density at radius 2 is 2.22 bits per heavy atom. The van der Waals surface area contributed by atoms with Crippen LogP contribution in [0.4, 0.5) is 10.1 Å². The van der Waals surface area contributed by atoms with E-state index in [1.54, 1.807) is 12.1 Å². The molecule has 32 heavy (non-hydrogen) atoms. The molecule has 0 saturated carbocycles. The van der Waals surface area contributed by atoms with Crippen molar-refractivity contribution in [3.05, 3.63) is 29.6 Å². The van der Waals surface area contributed by atoms with Crippen LogP contribution >= 0.6 is 0 Å². The predicted octanol–water partition coefficient (Wildman–Crippen LogP) is 1.82. The minimum Gasteiger partial charge on any atom is -0.373 e. The molecule has 1 aromatic rings. The van der Waals surface area contributed by atoms with Crippen LogP contribution in [0.15, 0.2) is 18.2 Å². The average Bonchev–Trinajstić information content (AvgIpc) is 2.79. The van der Waals surface area contributed by atoms with Crippen LogP contribution < -0.4 is 15.5 Å². The van der Waals surface area contributed by atoms with E-state index in [4.69, 9.17) is 4.74 Å². The van der Waals surface area contributed by atoms with E-state index < -0.39 is 6.04 Å².